The molecule has 0 aliphatic rings. The van der Waals surface area contributed by atoms with Crippen LogP contribution < -0.4 is 20.1 Å². The Labute approximate surface area is 135 Å². The largest absolute Gasteiger partial charge is 0.493 e. The van der Waals surface area contributed by atoms with Crippen LogP contribution >= 0.6 is 0 Å². The minimum atomic E-state index is -0.210. The Kier molecular flexibility index (Phi) is 5.63. The summed E-state index contributed by atoms with van der Waals surface area (Å²) in [6.07, 6.45) is 1.78. The van der Waals surface area contributed by atoms with Crippen molar-refractivity contribution in [2.45, 2.75) is 0 Å². The zero-order chi connectivity index (χ0) is 16.7. The monoisotopic (exact) mass is 312 g/mol. The van der Waals surface area contributed by atoms with Gasteiger partial charge < -0.3 is 20.1 Å². The summed E-state index contributed by atoms with van der Waals surface area (Å²) in [7, 11) is 3.09. The van der Waals surface area contributed by atoms with E-state index in [1.165, 1.54) is 7.11 Å². The van der Waals surface area contributed by atoms with Gasteiger partial charge in [0.15, 0.2) is 11.5 Å². The fraction of sp³-hybridized carbons (Fsp3) is 0.167. The van der Waals surface area contributed by atoms with Crippen LogP contribution in [-0.2, 0) is 0 Å². The number of carbonyl (C=O) groups excluding carboxylic acids is 1. The highest BCUT2D eigenvalue weighted by Crippen LogP contribution is 2.27. The van der Waals surface area contributed by atoms with E-state index >= 15 is 0 Å². The van der Waals surface area contributed by atoms with Crippen LogP contribution in [0.3, 0.4) is 0 Å². The Morgan fingerprint density at radius 2 is 1.70 bits per heavy atom. The van der Waals surface area contributed by atoms with Crippen molar-refractivity contribution in [2.24, 2.45) is 0 Å². The number of amides is 1. The van der Waals surface area contributed by atoms with Crippen LogP contribution in [-0.4, -0.2) is 26.7 Å². The minimum Gasteiger partial charge on any atom is -0.493 e. The molecule has 0 saturated carbocycles. The first kappa shape index (κ1) is 16.4. The fourth-order valence-corrected chi connectivity index (χ4v) is 2.04. The first-order chi connectivity index (χ1) is 11.2. The molecule has 0 spiro atoms. The van der Waals surface area contributed by atoms with Gasteiger partial charge in [-0.2, -0.15) is 0 Å². The number of hydrogen-bond acceptors (Lipinski definition) is 4. The molecule has 2 N–H and O–H groups in total. The molecule has 2 aromatic rings. The Morgan fingerprint density at radius 1 is 1.04 bits per heavy atom. The van der Waals surface area contributed by atoms with E-state index in [0.717, 1.165) is 5.69 Å². The lowest BCUT2D eigenvalue weighted by Crippen LogP contribution is -2.12. The Morgan fingerprint density at radius 3 is 2.30 bits per heavy atom. The van der Waals surface area contributed by atoms with E-state index in [1.54, 1.807) is 31.4 Å². The maximum atomic E-state index is 12.3. The molecule has 0 aromatic heterocycles. The van der Waals surface area contributed by atoms with Crippen molar-refractivity contribution >= 4 is 17.3 Å². The third-order valence-corrected chi connectivity index (χ3v) is 3.24. The molecule has 5 nitrogen and oxygen atoms in total. The van der Waals surface area contributed by atoms with Gasteiger partial charge in [-0.1, -0.05) is 6.08 Å². The number of benzene rings is 2. The first-order valence-electron chi connectivity index (χ1n) is 7.16. The molecule has 1 amide bonds. The van der Waals surface area contributed by atoms with Crippen molar-refractivity contribution in [2.75, 3.05) is 31.4 Å². The fourth-order valence-electron chi connectivity index (χ4n) is 2.04. The van der Waals surface area contributed by atoms with E-state index < -0.39 is 0 Å². The van der Waals surface area contributed by atoms with E-state index in [4.69, 9.17) is 9.47 Å². The molecule has 0 aliphatic heterocycles. The number of ether oxygens (including phenoxy) is 2. The molecule has 23 heavy (non-hydrogen) atoms. The predicted molar refractivity (Wildman–Crippen MR) is 92.6 cm³/mol. The molecular formula is C18H20N2O3. The Balaban J connectivity index is 2.08. The van der Waals surface area contributed by atoms with Crippen molar-refractivity contribution in [3.8, 4) is 11.5 Å². The average Bonchev–Trinajstić information content (AvgIpc) is 2.60. The average molecular weight is 312 g/mol. The van der Waals surface area contributed by atoms with Gasteiger partial charge in [0.25, 0.3) is 5.91 Å². The summed E-state index contributed by atoms with van der Waals surface area (Å²) in [5, 5.41) is 6.02. The minimum absolute atomic E-state index is 0.210. The van der Waals surface area contributed by atoms with E-state index in [9.17, 15) is 4.79 Å². The van der Waals surface area contributed by atoms with Gasteiger partial charge in [0.1, 0.15) is 0 Å². The van der Waals surface area contributed by atoms with Crippen molar-refractivity contribution in [1.82, 2.24) is 0 Å². The first-order valence-corrected chi connectivity index (χ1v) is 7.16. The molecule has 0 saturated heterocycles. The third kappa shape index (κ3) is 4.26. The van der Waals surface area contributed by atoms with Crippen molar-refractivity contribution < 1.29 is 14.3 Å². The van der Waals surface area contributed by atoms with Gasteiger partial charge in [0.05, 0.1) is 14.2 Å². The van der Waals surface area contributed by atoms with Crippen LogP contribution in [0.25, 0.3) is 0 Å². The predicted octanol–water partition coefficient (Wildman–Crippen LogP) is 3.55. The highest BCUT2D eigenvalue weighted by Gasteiger charge is 2.11. The smallest absolute Gasteiger partial charge is 0.255 e. The van der Waals surface area contributed by atoms with Crippen molar-refractivity contribution in [3.05, 3.63) is 60.7 Å². The molecule has 0 fully saturated rings. The summed E-state index contributed by atoms with van der Waals surface area (Å²) in [5.74, 6) is 0.892. The summed E-state index contributed by atoms with van der Waals surface area (Å²) in [6, 6.07) is 12.5. The topological polar surface area (TPSA) is 59.6 Å². The van der Waals surface area contributed by atoms with Gasteiger partial charge in [0, 0.05) is 23.5 Å². The molecular weight excluding hydrogens is 292 g/mol. The number of nitrogens with one attached hydrogen (secondary N) is 2. The summed E-state index contributed by atoms with van der Waals surface area (Å²) in [4.78, 5) is 12.3. The van der Waals surface area contributed by atoms with E-state index in [0.29, 0.717) is 29.3 Å². The molecule has 0 bridgehead atoms. The zero-order valence-corrected chi connectivity index (χ0v) is 13.3. The second kappa shape index (κ2) is 7.89. The standard InChI is InChI=1S/C18H20N2O3/c1-4-11-19-14-6-8-15(9-7-14)20-18(21)13-5-10-16(22-2)17(12-13)23-3/h4-10,12,19H,1,11H2,2-3H3,(H,20,21). The van der Waals surface area contributed by atoms with Crippen molar-refractivity contribution in [3.63, 3.8) is 0 Å². The molecule has 0 aliphatic carbocycles. The molecule has 5 heteroatoms. The lowest BCUT2D eigenvalue weighted by Gasteiger charge is -2.10. The molecule has 0 heterocycles. The molecule has 0 radical (unpaired) electrons. The number of rotatable bonds is 7. The molecule has 120 valence electrons. The summed E-state index contributed by atoms with van der Waals surface area (Å²) in [6.45, 7) is 4.35. The zero-order valence-electron chi connectivity index (χ0n) is 13.3. The van der Waals surface area contributed by atoms with E-state index in [2.05, 4.69) is 17.2 Å². The van der Waals surface area contributed by atoms with Gasteiger partial charge >= 0.3 is 0 Å². The Bertz CT molecular complexity index is 681. The highest BCUT2D eigenvalue weighted by atomic mass is 16.5. The summed E-state index contributed by atoms with van der Waals surface area (Å²) in [5.41, 5.74) is 2.18. The van der Waals surface area contributed by atoms with E-state index in [1.807, 2.05) is 24.3 Å². The molecule has 0 unspecified atom stereocenters. The lowest BCUT2D eigenvalue weighted by atomic mass is 10.1. The summed E-state index contributed by atoms with van der Waals surface area (Å²) < 4.78 is 10.4. The number of methoxy groups -OCH3 is 2. The van der Waals surface area contributed by atoms with Crippen LogP contribution in [0.1, 0.15) is 10.4 Å². The summed E-state index contributed by atoms with van der Waals surface area (Å²) >= 11 is 0. The van der Waals surface area contributed by atoms with E-state index in [-0.39, 0.29) is 5.91 Å². The number of carbonyl (C=O) groups is 1. The Hall–Kier alpha value is -2.95. The molecule has 0 atom stereocenters. The van der Waals surface area contributed by atoms with Gasteiger partial charge in [-0.25, -0.2) is 0 Å². The van der Waals surface area contributed by atoms with Crippen LogP contribution in [0, 0.1) is 0 Å². The molecule has 2 aromatic carbocycles. The number of anilines is 2. The third-order valence-electron chi connectivity index (χ3n) is 3.24. The van der Waals surface area contributed by atoms with Crippen LogP contribution in [0.2, 0.25) is 0 Å². The quantitative estimate of drug-likeness (QED) is 0.768. The van der Waals surface area contributed by atoms with Crippen LogP contribution in [0.15, 0.2) is 55.1 Å². The number of hydrogen-bond donors (Lipinski definition) is 2. The van der Waals surface area contributed by atoms with Gasteiger partial charge in [-0.15, -0.1) is 6.58 Å². The van der Waals surface area contributed by atoms with Crippen LogP contribution in [0.5, 0.6) is 11.5 Å². The maximum absolute atomic E-state index is 12.3. The SMILES string of the molecule is C=CCNc1ccc(NC(=O)c2ccc(OC)c(OC)c2)cc1. The lowest BCUT2D eigenvalue weighted by molar-refractivity contribution is 0.102. The van der Waals surface area contributed by atoms with Gasteiger partial charge in [-0.05, 0) is 42.5 Å². The second-order valence-electron chi connectivity index (χ2n) is 4.77. The second-order valence-corrected chi connectivity index (χ2v) is 4.77. The molecule has 2 rings (SSSR count). The van der Waals surface area contributed by atoms with Crippen LogP contribution in [0.4, 0.5) is 11.4 Å². The van der Waals surface area contributed by atoms with Gasteiger partial charge in [-0.3, -0.25) is 4.79 Å². The normalized spacial score (nSPS) is 9.83. The highest BCUT2D eigenvalue weighted by molar-refractivity contribution is 6.04. The maximum Gasteiger partial charge on any atom is 0.255 e. The van der Waals surface area contributed by atoms with Gasteiger partial charge in [0.2, 0.25) is 0 Å². The van der Waals surface area contributed by atoms with Crippen molar-refractivity contribution in [1.29, 1.82) is 0 Å².